The minimum absolute atomic E-state index is 0.0196. The number of benzene rings is 4. The number of hydrogen-bond donors (Lipinski definition) is 1. The zero-order chi connectivity index (χ0) is 35.1. The van der Waals surface area contributed by atoms with E-state index in [9.17, 15) is 35.6 Å². The molecule has 0 aromatic heterocycles. The first-order chi connectivity index (χ1) is 22.7. The van der Waals surface area contributed by atoms with E-state index in [0.29, 0.717) is 34.0 Å². The highest BCUT2D eigenvalue weighted by molar-refractivity contribution is 7.92. The number of nitrogens with one attached hydrogen (secondary N) is 1. The van der Waals surface area contributed by atoms with E-state index in [4.69, 9.17) is 11.6 Å². The second-order valence-electron chi connectivity index (χ2n) is 11.2. The molecule has 4 rings (SSSR count). The van der Waals surface area contributed by atoms with Gasteiger partial charge in [-0.3, -0.25) is 13.9 Å². The molecular weight excluding hydrogens is 670 g/mol. The first-order valence-corrected chi connectivity index (χ1v) is 16.8. The minimum atomic E-state index is -4.85. The maximum absolute atomic E-state index is 14.5. The van der Waals surface area contributed by atoms with E-state index in [2.05, 4.69) is 5.32 Å². The second kappa shape index (κ2) is 15.7. The summed E-state index contributed by atoms with van der Waals surface area (Å²) in [5.74, 6) is -1.97. The van der Waals surface area contributed by atoms with Crippen LogP contribution in [0.3, 0.4) is 0 Å². The standard InChI is InChI=1S/C35H34ClF4N3O4S/c1-3-24(2)41-34(45)32(20-25-10-6-4-7-11-25)42(22-26-14-17-28(37)18-15-26)33(44)23-43(48(46,47)29-12-8-5-9-13-29)31-21-27(35(38,39)40)16-19-30(31)36/h4-19,21,24,32H,3,20,22-23H2,1-2H3,(H,41,45)/t24-,32+/m1/s1. The van der Waals surface area contributed by atoms with Crippen LogP contribution in [0.1, 0.15) is 37.0 Å². The fourth-order valence-corrected chi connectivity index (χ4v) is 6.61. The van der Waals surface area contributed by atoms with Crippen molar-refractivity contribution in [2.24, 2.45) is 0 Å². The summed E-state index contributed by atoms with van der Waals surface area (Å²) < 4.78 is 84.0. The highest BCUT2D eigenvalue weighted by Crippen LogP contribution is 2.37. The molecule has 0 fully saturated rings. The molecule has 4 aromatic rings. The minimum Gasteiger partial charge on any atom is -0.352 e. The van der Waals surface area contributed by atoms with Crippen molar-refractivity contribution in [1.29, 1.82) is 0 Å². The third-order valence-corrected chi connectivity index (χ3v) is 9.78. The van der Waals surface area contributed by atoms with Gasteiger partial charge in [0, 0.05) is 19.0 Å². The van der Waals surface area contributed by atoms with Crippen LogP contribution >= 0.6 is 11.6 Å². The smallest absolute Gasteiger partial charge is 0.352 e. The zero-order valence-corrected chi connectivity index (χ0v) is 27.7. The first kappa shape index (κ1) is 36.4. The molecule has 2 atom stereocenters. The van der Waals surface area contributed by atoms with Crippen LogP contribution in [0.15, 0.2) is 108 Å². The van der Waals surface area contributed by atoms with E-state index < -0.39 is 57.7 Å². The van der Waals surface area contributed by atoms with Crippen molar-refractivity contribution in [3.05, 3.63) is 131 Å². The van der Waals surface area contributed by atoms with Crippen LogP contribution in [-0.4, -0.2) is 43.8 Å². The van der Waals surface area contributed by atoms with Crippen LogP contribution in [0.5, 0.6) is 0 Å². The topological polar surface area (TPSA) is 86.8 Å². The van der Waals surface area contributed by atoms with Crippen molar-refractivity contribution in [3.8, 4) is 0 Å². The number of anilines is 1. The largest absolute Gasteiger partial charge is 0.416 e. The average Bonchev–Trinajstić information content (AvgIpc) is 3.06. The van der Waals surface area contributed by atoms with Crippen LogP contribution in [-0.2, 0) is 38.8 Å². The van der Waals surface area contributed by atoms with Crippen LogP contribution in [0.25, 0.3) is 0 Å². The van der Waals surface area contributed by atoms with Gasteiger partial charge in [0.1, 0.15) is 18.4 Å². The lowest BCUT2D eigenvalue weighted by Crippen LogP contribution is -2.54. The number of hydrogen-bond acceptors (Lipinski definition) is 4. The predicted molar refractivity (Wildman–Crippen MR) is 176 cm³/mol. The molecule has 0 saturated carbocycles. The molecule has 0 spiro atoms. The molecule has 1 N–H and O–H groups in total. The molecule has 0 unspecified atom stereocenters. The van der Waals surface area contributed by atoms with Gasteiger partial charge in [0.25, 0.3) is 10.0 Å². The Morgan fingerprint density at radius 2 is 1.48 bits per heavy atom. The van der Waals surface area contributed by atoms with Crippen LogP contribution < -0.4 is 9.62 Å². The Bertz CT molecular complexity index is 1810. The molecule has 2 amide bonds. The fraction of sp³-hybridized carbons (Fsp3) is 0.257. The lowest BCUT2D eigenvalue weighted by Gasteiger charge is -2.34. The SMILES string of the molecule is CC[C@@H](C)NC(=O)[C@H](Cc1ccccc1)N(Cc1ccc(F)cc1)C(=O)CN(c1cc(C(F)(F)F)ccc1Cl)S(=O)(=O)c1ccccc1. The predicted octanol–water partition coefficient (Wildman–Crippen LogP) is 7.25. The third kappa shape index (κ3) is 9.13. The summed E-state index contributed by atoms with van der Waals surface area (Å²) in [5.41, 5.74) is -0.642. The molecule has 4 aromatic carbocycles. The maximum atomic E-state index is 14.5. The number of carbonyl (C=O) groups is 2. The highest BCUT2D eigenvalue weighted by atomic mass is 35.5. The van der Waals surface area contributed by atoms with Crippen molar-refractivity contribution in [1.82, 2.24) is 10.2 Å². The molecule has 0 aliphatic carbocycles. The van der Waals surface area contributed by atoms with Crippen LogP contribution in [0.4, 0.5) is 23.2 Å². The summed E-state index contributed by atoms with van der Waals surface area (Å²) >= 11 is 6.34. The van der Waals surface area contributed by atoms with Crippen LogP contribution in [0.2, 0.25) is 5.02 Å². The van der Waals surface area contributed by atoms with Crippen LogP contribution in [0, 0.1) is 5.82 Å². The summed E-state index contributed by atoms with van der Waals surface area (Å²) in [5, 5.41) is 2.53. The summed E-state index contributed by atoms with van der Waals surface area (Å²) in [7, 11) is -4.69. The third-order valence-electron chi connectivity index (χ3n) is 7.69. The highest BCUT2D eigenvalue weighted by Gasteiger charge is 2.37. The van der Waals surface area contributed by atoms with Gasteiger partial charge >= 0.3 is 6.18 Å². The molecule has 0 saturated heterocycles. The van der Waals surface area contributed by atoms with Crippen molar-refractivity contribution in [2.45, 2.75) is 56.4 Å². The number of alkyl halides is 3. The second-order valence-corrected chi connectivity index (χ2v) is 13.4. The van der Waals surface area contributed by atoms with Crippen molar-refractivity contribution < 1.29 is 35.6 Å². The van der Waals surface area contributed by atoms with Gasteiger partial charge in [-0.1, -0.05) is 79.2 Å². The number of sulfonamides is 1. The van der Waals surface area contributed by atoms with Gasteiger partial charge in [0.15, 0.2) is 0 Å². The average molecular weight is 704 g/mol. The number of rotatable bonds is 13. The van der Waals surface area contributed by atoms with E-state index in [-0.39, 0.29) is 28.9 Å². The summed E-state index contributed by atoms with van der Waals surface area (Å²) in [6.45, 7) is 2.39. The Labute approximate surface area is 282 Å². The molecule has 0 radical (unpaired) electrons. The van der Waals surface area contributed by atoms with Crippen molar-refractivity contribution in [2.75, 3.05) is 10.8 Å². The molecule has 0 aliphatic heterocycles. The summed E-state index contributed by atoms with van der Waals surface area (Å²) in [6.07, 6.45) is -4.26. The van der Waals surface area contributed by atoms with Crippen molar-refractivity contribution in [3.63, 3.8) is 0 Å². The van der Waals surface area contributed by atoms with Gasteiger partial charge in [-0.2, -0.15) is 13.2 Å². The number of halogens is 5. The number of carbonyl (C=O) groups excluding carboxylic acids is 2. The van der Waals surface area contributed by atoms with Crippen molar-refractivity contribution >= 4 is 39.1 Å². The molecule has 48 heavy (non-hydrogen) atoms. The van der Waals surface area contributed by atoms with Gasteiger partial charge in [-0.05, 0) is 66.9 Å². The maximum Gasteiger partial charge on any atom is 0.416 e. The van der Waals surface area contributed by atoms with E-state index in [1.807, 2.05) is 6.92 Å². The van der Waals surface area contributed by atoms with Gasteiger partial charge < -0.3 is 10.2 Å². The quantitative estimate of drug-likeness (QED) is 0.149. The summed E-state index contributed by atoms with van der Waals surface area (Å²) in [4.78, 5) is 29.2. The van der Waals surface area contributed by atoms with E-state index in [0.717, 1.165) is 11.0 Å². The van der Waals surface area contributed by atoms with Gasteiger partial charge in [0.05, 0.1) is 21.2 Å². The van der Waals surface area contributed by atoms with E-state index in [1.165, 1.54) is 48.5 Å². The summed E-state index contributed by atoms with van der Waals surface area (Å²) in [6, 6.07) is 21.6. The Balaban J connectivity index is 1.87. The fourth-order valence-electron chi connectivity index (χ4n) is 4.89. The van der Waals surface area contributed by atoms with Gasteiger partial charge in [-0.15, -0.1) is 0 Å². The molecule has 13 heteroatoms. The van der Waals surface area contributed by atoms with E-state index >= 15 is 0 Å². The van der Waals surface area contributed by atoms with Gasteiger partial charge in [-0.25, -0.2) is 12.8 Å². The molecule has 254 valence electrons. The Kier molecular flexibility index (Phi) is 11.9. The molecule has 0 bridgehead atoms. The number of amides is 2. The monoisotopic (exact) mass is 703 g/mol. The van der Waals surface area contributed by atoms with Gasteiger partial charge in [0.2, 0.25) is 11.8 Å². The molecule has 0 aliphatic rings. The zero-order valence-electron chi connectivity index (χ0n) is 26.1. The number of nitrogens with zero attached hydrogens (tertiary/aromatic N) is 2. The lowest BCUT2D eigenvalue weighted by atomic mass is 10.0. The normalized spacial score (nSPS) is 13.0. The Hall–Kier alpha value is -4.42. The van der Waals surface area contributed by atoms with E-state index in [1.54, 1.807) is 43.3 Å². The first-order valence-electron chi connectivity index (χ1n) is 15.0. The Morgan fingerprint density at radius 1 is 0.875 bits per heavy atom. The molecule has 0 heterocycles. The Morgan fingerprint density at radius 3 is 2.06 bits per heavy atom. The lowest BCUT2D eigenvalue weighted by molar-refractivity contribution is -0.140. The molecule has 7 nitrogen and oxygen atoms in total. The molecular formula is C35H34ClF4N3O4S.